The van der Waals surface area contributed by atoms with Crippen LogP contribution < -0.4 is 0 Å². The van der Waals surface area contributed by atoms with Gasteiger partial charge in [-0.15, -0.1) is 0 Å². The maximum atomic E-state index is 11.9. The van der Waals surface area contributed by atoms with Crippen LogP contribution in [0.2, 0.25) is 0 Å². The minimum absolute atomic E-state index is 0.0323. The van der Waals surface area contributed by atoms with E-state index in [2.05, 4.69) is 0 Å². The molecule has 0 saturated heterocycles. The molecule has 0 heterocycles. The minimum Gasteiger partial charge on any atom is -0.465 e. The molecule has 0 fully saturated rings. The molecule has 0 aromatic carbocycles. The molecule has 0 amide bonds. The number of hydrogen-bond donors (Lipinski definition) is 0. The minimum atomic E-state index is -0.523. The van der Waals surface area contributed by atoms with E-state index in [9.17, 15) is 9.59 Å². The average molecular weight is 300 g/mol. The zero-order chi connectivity index (χ0) is 17.1. The molecule has 124 valence electrons. The predicted molar refractivity (Wildman–Crippen MR) is 83.8 cm³/mol. The highest BCUT2D eigenvalue weighted by Crippen LogP contribution is 2.28. The highest BCUT2D eigenvalue weighted by molar-refractivity contribution is 5.75. The molecule has 0 aliphatic heterocycles. The molecule has 0 radical (unpaired) electrons. The fourth-order valence-corrected chi connectivity index (χ4v) is 1.33. The number of carbonyl (C=O) groups excluding carboxylic acids is 2. The fraction of sp³-hybridized carbons (Fsp3) is 0.882. The summed E-state index contributed by atoms with van der Waals surface area (Å²) in [5.74, 6) is -0.507. The van der Waals surface area contributed by atoms with E-state index in [1.54, 1.807) is 0 Å². The first-order valence-corrected chi connectivity index (χ1v) is 7.50. The Morgan fingerprint density at radius 1 is 0.714 bits per heavy atom. The lowest BCUT2D eigenvalue weighted by Crippen LogP contribution is -2.35. The van der Waals surface area contributed by atoms with Crippen LogP contribution in [0.15, 0.2) is 0 Å². The Morgan fingerprint density at radius 3 is 1.19 bits per heavy atom. The van der Waals surface area contributed by atoms with Crippen LogP contribution in [0.5, 0.6) is 0 Å². The molecule has 0 rings (SSSR count). The lowest BCUT2D eigenvalue weighted by molar-refractivity contribution is -0.161. The maximum absolute atomic E-state index is 11.9. The second kappa shape index (κ2) is 6.80. The largest absolute Gasteiger partial charge is 0.465 e. The molecular weight excluding hydrogens is 268 g/mol. The van der Waals surface area contributed by atoms with E-state index in [-0.39, 0.29) is 36.5 Å². The van der Waals surface area contributed by atoms with Gasteiger partial charge in [-0.2, -0.15) is 0 Å². The van der Waals surface area contributed by atoms with Crippen LogP contribution in [0.4, 0.5) is 0 Å². The zero-order valence-electron chi connectivity index (χ0n) is 15.1. The van der Waals surface area contributed by atoms with Crippen molar-refractivity contribution in [1.29, 1.82) is 0 Å². The van der Waals surface area contributed by atoms with E-state index >= 15 is 0 Å². The molecule has 0 aromatic heterocycles. The average Bonchev–Trinajstić information content (AvgIpc) is 2.23. The van der Waals surface area contributed by atoms with Crippen molar-refractivity contribution in [3.05, 3.63) is 0 Å². The van der Waals surface area contributed by atoms with Gasteiger partial charge in [0.1, 0.15) is 0 Å². The number of ether oxygens (including phenoxy) is 2. The van der Waals surface area contributed by atoms with Crippen LogP contribution in [-0.2, 0) is 19.1 Å². The number of hydrogen-bond acceptors (Lipinski definition) is 4. The first kappa shape index (κ1) is 19.9. The Labute approximate surface area is 129 Å². The first-order valence-electron chi connectivity index (χ1n) is 7.50. The summed E-state index contributed by atoms with van der Waals surface area (Å²) in [6.07, 6.45) is 0. The van der Waals surface area contributed by atoms with Crippen LogP contribution in [-0.4, -0.2) is 25.2 Å². The molecule has 0 N–H and O–H groups in total. The summed E-state index contributed by atoms with van der Waals surface area (Å²) in [6, 6.07) is 0. The van der Waals surface area contributed by atoms with Crippen LogP contribution >= 0.6 is 0 Å². The maximum Gasteiger partial charge on any atom is 0.311 e. The molecule has 4 heteroatoms. The molecule has 0 spiro atoms. The van der Waals surface area contributed by atoms with E-state index in [1.165, 1.54) is 0 Å². The van der Waals surface area contributed by atoms with Crippen molar-refractivity contribution in [2.75, 3.05) is 13.2 Å². The van der Waals surface area contributed by atoms with Crippen LogP contribution in [0.25, 0.3) is 0 Å². The summed E-state index contributed by atoms with van der Waals surface area (Å²) in [6.45, 7) is 17.6. The third kappa shape index (κ3) is 7.49. The molecule has 21 heavy (non-hydrogen) atoms. The summed E-state index contributed by atoms with van der Waals surface area (Å²) < 4.78 is 10.8. The molecule has 0 unspecified atom stereocenters. The van der Waals surface area contributed by atoms with Crippen molar-refractivity contribution in [2.24, 2.45) is 22.2 Å². The van der Waals surface area contributed by atoms with E-state index in [4.69, 9.17) is 9.47 Å². The van der Waals surface area contributed by atoms with Crippen molar-refractivity contribution in [3.8, 4) is 0 Å². The third-order valence-electron chi connectivity index (χ3n) is 3.28. The van der Waals surface area contributed by atoms with Gasteiger partial charge in [0.25, 0.3) is 0 Å². The Balaban J connectivity index is 4.64. The monoisotopic (exact) mass is 300 g/mol. The van der Waals surface area contributed by atoms with Gasteiger partial charge >= 0.3 is 11.9 Å². The highest BCUT2D eigenvalue weighted by Gasteiger charge is 2.31. The van der Waals surface area contributed by atoms with Crippen LogP contribution in [0, 0.1) is 22.2 Å². The SMILES string of the molecule is CC(C)(C)C(=O)OCC(COC(=O)C(C)(C)C)C(C)(C)C. The molecule has 0 aromatic rings. The Morgan fingerprint density at radius 2 is 1.00 bits per heavy atom. The topological polar surface area (TPSA) is 52.6 Å². The second-order valence-corrected chi connectivity index (χ2v) is 8.76. The summed E-state index contributed by atoms with van der Waals surface area (Å²) >= 11 is 0. The molecule has 0 atom stereocenters. The van der Waals surface area contributed by atoms with Gasteiger partial charge in [0, 0.05) is 5.92 Å². The van der Waals surface area contributed by atoms with Gasteiger partial charge in [0.05, 0.1) is 24.0 Å². The molecule has 0 saturated carbocycles. The van der Waals surface area contributed by atoms with E-state index < -0.39 is 10.8 Å². The number of esters is 2. The van der Waals surface area contributed by atoms with Crippen LogP contribution in [0.1, 0.15) is 62.3 Å². The Hall–Kier alpha value is -1.06. The van der Waals surface area contributed by atoms with Gasteiger partial charge < -0.3 is 9.47 Å². The predicted octanol–water partition coefficient (Wildman–Crippen LogP) is 3.83. The van der Waals surface area contributed by atoms with Crippen LogP contribution in [0.3, 0.4) is 0 Å². The summed E-state index contributed by atoms with van der Waals surface area (Å²) in [7, 11) is 0. The quantitative estimate of drug-likeness (QED) is 0.740. The van der Waals surface area contributed by atoms with Gasteiger partial charge in [0.2, 0.25) is 0 Å². The first-order chi connectivity index (χ1) is 9.15. The molecule has 0 bridgehead atoms. The van der Waals surface area contributed by atoms with Crippen molar-refractivity contribution in [2.45, 2.75) is 62.3 Å². The summed E-state index contributed by atoms with van der Waals surface area (Å²) in [5.41, 5.74) is -1.16. The number of carbonyl (C=O) groups is 2. The normalized spacial score (nSPS) is 13.2. The lowest BCUT2D eigenvalue weighted by atomic mass is 9.81. The van der Waals surface area contributed by atoms with Gasteiger partial charge in [-0.3, -0.25) is 9.59 Å². The Bertz CT molecular complexity index is 334. The molecular formula is C17H32O4. The van der Waals surface area contributed by atoms with Gasteiger partial charge in [-0.1, -0.05) is 20.8 Å². The molecule has 0 aliphatic rings. The summed E-state index contributed by atoms with van der Waals surface area (Å²) in [4.78, 5) is 23.7. The standard InChI is InChI=1S/C17H32O4/c1-15(2,3)12(10-20-13(18)16(4,5)6)11-21-14(19)17(7,8)9/h12H,10-11H2,1-9H3. The van der Waals surface area contributed by atoms with Gasteiger partial charge in [-0.05, 0) is 47.0 Å². The van der Waals surface area contributed by atoms with E-state index in [1.807, 2.05) is 62.3 Å². The molecule has 0 aliphatic carbocycles. The van der Waals surface area contributed by atoms with E-state index in [0.717, 1.165) is 0 Å². The Kier molecular flexibility index (Phi) is 6.46. The van der Waals surface area contributed by atoms with E-state index in [0.29, 0.717) is 0 Å². The second-order valence-electron chi connectivity index (χ2n) is 8.76. The fourth-order valence-electron chi connectivity index (χ4n) is 1.33. The summed E-state index contributed by atoms with van der Waals surface area (Å²) in [5, 5.41) is 0. The number of rotatable bonds is 4. The van der Waals surface area contributed by atoms with Gasteiger partial charge in [-0.25, -0.2) is 0 Å². The van der Waals surface area contributed by atoms with Gasteiger partial charge in [0.15, 0.2) is 0 Å². The smallest absolute Gasteiger partial charge is 0.311 e. The third-order valence-corrected chi connectivity index (χ3v) is 3.28. The van der Waals surface area contributed by atoms with Crippen molar-refractivity contribution in [1.82, 2.24) is 0 Å². The lowest BCUT2D eigenvalue weighted by Gasteiger charge is -2.31. The zero-order valence-corrected chi connectivity index (χ0v) is 15.1. The van der Waals surface area contributed by atoms with Crippen molar-refractivity contribution in [3.63, 3.8) is 0 Å². The highest BCUT2D eigenvalue weighted by atomic mass is 16.5. The van der Waals surface area contributed by atoms with Crippen molar-refractivity contribution < 1.29 is 19.1 Å². The van der Waals surface area contributed by atoms with Crippen molar-refractivity contribution >= 4 is 11.9 Å². The molecule has 4 nitrogen and oxygen atoms in total.